The van der Waals surface area contributed by atoms with Crippen molar-refractivity contribution < 1.29 is 9.84 Å². The minimum Gasteiger partial charge on any atom is -0.504 e. The van der Waals surface area contributed by atoms with Gasteiger partial charge in [-0.05, 0) is 55.0 Å². The summed E-state index contributed by atoms with van der Waals surface area (Å²) < 4.78 is 5.22. The SMILES string of the molecule is COc1cc2c(cc1O)C(C1CCCCC1)NCC2. The maximum atomic E-state index is 10.0. The zero-order valence-electron chi connectivity index (χ0n) is 11.6. The number of hydrogen-bond donors (Lipinski definition) is 2. The van der Waals surface area contributed by atoms with Crippen LogP contribution in [0.1, 0.15) is 49.3 Å². The molecular weight excluding hydrogens is 238 g/mol. The molecule has 0 radical (unpaired) electrons. The van der Waals surface area contributed by atoms with E-state index in [1.807, 2.05) is 12.1 Å². The molecule has 1 fully saturated rings. The molecule has 2 aliphatic rings. The van der Waals surface area contributed by atoms with Crippen LogP contribution >= 0.6 is 0 Å². The average Bonchev–Trinajstić information content (AvgIpc) is 2.47. The number of ether oxygens (including phenoxy) is 1. The van der Waals surface area contributed by atoms with Gasteiger partial charge in [-0.25, -0.2) is 0 Å². The van der Waals surface area contributed by atoms with Crippen molar-refractivity contribution in [2.75, 3.05) is 13.7 Å². The van der Waals surface area contributed by atoms with Crippen LogP contribution in [0, 0.1) is 5.92 Å². The lowest BCUT2D eigenvalue weighted by Crippen LogP contribution is -2.35. The monoisotopic (exact) mass is 261 g/mol. The van der Waals surface area contributed by atoms with Gasteiger partial charge in [0, 0.05) is 6.04 Å². The minimum atomic E-state index is 0.269. The van der Waals surface area contributed by atoms with Crippen molar-refractivity contribution in [3.8, 4) is 11.5 Å². The van der Waals surface area contributed by atoms with Crippen LogP contribution in [-0.4, -0.2) is 18.8 Å². The molecule has 0 saturated heterocycles. The Morgan fingerprint density at radius 2 is 2.00 bits per heavy atom. The first-order chi connectivity index (χ1) is 9.29. The molecule has 1 aliphatic heterocycles. The average molecular weight is 261 g/mol. The fourth-order valence-electron chi connectivity index (χ4n) is 3.66. The molecular formula is C16H23NO2. The lowest BCUT2D eigenvalue weighted by Gasteiger charge is -2.35. The van der Waals surface area contributed by atoms with Crippen LogP contribution in [0.25, 0.3) is 0 Å². The van der Waals surface area contributed by atoms with Gasteiger partial charge in [-0.15, -0.1) is 0 Å². The van der Waals surface area contributed by atoms with Gasteiger partial charge >= 0.3 is 0 Å². The molecule has 0 amide bonds. The Kier molecular flexibility index (Phi) is 3.65. The first kappa shape index (κ1) is 12.8. The topological polar surface area (TPSA) is 41.5 Å². The number of hydrogen-bond acceptors (Lipinski definition) is 3. The van der Waals surface area contributed by atoms with Crippen molar-refractivity contribution in [2.45, 2.75) is 44.6 Å². The number of aromatic hydroxyl groups is 1. The Bertz CT molecular complexity index is 452. The highest BCUT2D eigenvalue weighted by Crippen LogP contribution is 2.41. The quantitative estimate of drug-likeness (QED) is 0.859. The summed E-state index contributed by atoms with van der Waals surface area (Å²) in [5.74, 6) is 1.59. The molecule has 3 rings (SSSR count). The first-order valence-corrected chi connectivity index (χ1v) is 7.42. The summed E-state index contributed by atoms with van der Waals surface area (Å²) in [6, 6.07) is 4.35. The smallest absolute Gasteiger partial charge is 0.160 e. The predicted octanol–water partition coefficient (Wildman–Crippen LogP) is 3.17. The Morgan fingerprint density at radius 3 is 2.74 bits per heavy atom. The van der Waals surface area contributed by atoms with Crippen molar-refractivity contribution in [1.29, 1.82) is 0 Å². The van der Waals surface area contributed by atoms with Crippen molar-refractivity contribution >= 4 is 0 Å². The van der Waals surface area contributed by atoms with Crippen LogP contribution in [0.2, 0.25) is 0 Å². The van der Waals surface area contributed by atoms with Crippen molar-refractivity contribution in [3.63, 3.8) is 0 Å². The highest BCUT2D eigenvalue weighted by Gasteiger charge is 2.29. The van der Waals surface area contributed by atoms with E-state index in [0.29, 0.717) is 11.8 Å². The number of phenolic OH excluding ortho intramolecular Hbond substituents is 1. The molecule has 0 bridgehead atoms. The molecule has 3 nitrogen and oxygen atoms in total. The molecule has 3 heteroatoms. The maximum Gasteiger partial charge on any atom is 0.160 e. The first-order valence-electron chi connectivity index (χ1n) is 7.42. The third-order valence-corrected chi connectivity index (χ3v) is 4.66. The number of benzene rings is 1. The van der Waals surface area contributed by atoms with Crippen molar-refractivity contribution in [3.05, 3.63) is 23.3 Å². The van der Waals surface area contributed by atoms with Crippen LogP contribution in [0.4, 0.5) is 0 Å². The normalized spacial score (nSPS) is 23.9. The van der Waals surface area contributed by atoms with Crippen LogP contribution in [0.15, 0.2) is 12.1 Å². The van der Waals surface area contributed by atoms with E-state index >= 15 is 0 Å². The predicted molar refractivity (Wildman–Crippen MR) is 75.7 cm³/mol. The van der Waals surface area contributed by atoms with Gasteiger partial charge in [0.1, 0.15) is 0 Å². The third-order valence-electron chi connectivity index (χ3n) is 4.66. The molecule has 1 saturated carbocycles. The molecule has 1 aromatic rings. The maximum absolute atomic E-state index is 10.0. The standard InChI is InChI=1S/C16H23NO2/c1-19-15-9-12-7-8-17-16(13(12)10-14(15)18)11-5-3-2-4-6-11/h9-11,16-18H,2-8H2,1H3. The minimum absolute atomic E-state index is 0.269. The van der Waals surface area contributed by atoms with Gasteiger partial charge in [-0.1, -0.05) is 19.3 Å². The number of rotatable bonds is 2. The number of fused-ring (bicyclic) bond motifs is 1. The summed E-state index contributed by atoms with van der Waals surface area (Å²) in [6.07, 6.45) is 7.72. The molecule has 0 spiro atoms. The lowest BCUT2D eigenvalue weighted by atomic mass is 9.78. The highest BCUT2D eigenvalue weighted by atomic mass is 16.5. The Balaban J connectivity index is 1.92. The van der Waals surface area contributed by atoms with E-state index in [4.69, 9.17) is 4.74 Å². The fourth-order valence-corrected chi connectivity index (χ4v) is 3.66. The molecule has 1 aliphatic carbocycles. The number of phenols is 1. The van der Waals surface area contributed by atoms with Crippen LogP contribution in [-0.2, 0) is 6.42 Å². The largest absolute Gasteiger partial charge is 0.504 e. The van der Waals surface area contributed by atoms with E-state index in [-0.39, 0.29) is 5.75 Å². The van der Waals surface area contributed by atoms with Gasteiger partial charge < -0.3 is 15.2 Å². The third kappa shape index (κ3) is 2.44. The number of methoxy groups -OCH3 is 1. The second kappa shape index (κ2) is 5.41. The lowest BCUT2D eigenvalue weighted by molar-refractivity contribution is 0.263. The van der Waals surface area contributed by atoms with E-state index in [9.17, 15) is 5.11 Å². The van der Waals surface area contributed by atoms with Crippen LogP contribution < -0.4 is 10.1 Å². The second-order valence-corrected chi connectivity index (χ2v) is 5.80. The summed E-state index contributed by atoms with van der Waals surface area (Å²) in [5.41, 5.74) is 2.63. The highest BCUT2D eigenvalue weighted by molar-refractivity contribution is 5.48. The zero-order valence-corrected chi connectivity index (χ0v) is 11.6. The van der Waals surface area contributed by atoms with Gasteiger partial charge in [-0.2, -0.15) is 0 Å². The van der Waals surface area contributed by atoms with Gasteiger partial charge in [0.25, 0.3) is 0 Å². The summed E-state index contributed by atoms with van der Waals surface area (Å²) in [4.78, 5) is 0. The Hall–Kier alpha value is -1.22. The second-order valence-electron chi connectivity index (χ2n) is 5.80. The van der Waals surface area contributed by atoms with E-state index in [1.54, 1.807) is 7.11 Å². The van der Waals surface area contributed by atoms with Gasteiger partial charge in [0.15, 0.2) is 11.5 Å². The molecule has 104 valence electrons. The van der Waals surface area contributed by atoms with Crippen LogP contribution in [0.3, 0.4) is 0 Å². The summed E-state index contributed by atoms with van der Waals surface area (Å²) >= 11 is 0. The molecule has 1 aromatic carbocycles. The molecule has 1 atom stereocenters. The van der Waals surface area contributed by atoms with E-state index in [1.165, 1.54) is 43.2 Å². The molecule has 0 aromatic heterocycles. The van der Waals surface area contributed by atoms with Gasteiger partial charge in [0.05, 0.1) is 7.11 Å². The van der Waals surface area contributed by atoms with E-state index < -0.39 is 0 Å². The summed E-state index contributed by atoms with van der Waals surface area (Å²) in [7, 11) is 1.61. The summed E-state index contributed by atoms with van der Waals surface area (Å²) in [6.45, 7) is 1.03. The van der Waals surface area contributed by atoms with Crippen LogP contribution in [0.5, 0.6) is 11.5 Å². The Labute approximate surface area is 115 Å². The van der Waals surface area contributed by atoms with Crippen molar-refractivity contribution in [1.82, 2.24) is 5.32 Å². The van der Waals surface area contributed by atoms with Crippen molar-refractivity contribution in [2.24, 2.45) is 5.92 Å². The van der Waals surface area contributed by atoms with E-state index in [2.05, 4.69) is 5.32 Å². The van der Waals surface area contributed by atoms with Gasteiger partial charge in [0.2, 0.25) is 0 Å². The molecule has 1 unspecified atom stereocenters. The summed E-state index contributed by atoms with van der Waals surface area (Å²) in [5, 5.41) is 13.7. The zero-order chi connectivity index (χ0) is 13.2. The number of nitrogens with one attached hydrogen (secondary N) is 1. The van der Waals surface area contributed by atoms with Gasteiger partial charge in [-0.3, -0.25) is 0 Å². The fraction of sp³-hybridized carbons (Fsp3) is 0.625. The Morgan fingerprint density at radius 1 is 1.21 bits per heavy atom. The molecule has 1 heterocycles. The molecule has 19 heavy (non-hydrogen) atoms. The van der Waals surface area contributed by atoms with E-state index in [0.717, 1.165) is 18.9 Å². The molecule has 2 N–H and O–H groups in total.